The summed E-state index contributed by atoms with van der Waals surface area (Å²) in [6.45, 7) is 9.40. The van der Waals surface area contributed by atoms with Crippen LogP contribution in [0.4, 0.5) is 0 Å². The van der Waals surface area contributed by atoms with Crippen LogP contribution in [0, 0.1) is 11.8 Å². The highest BCUT2D eigenvalue weighted by Gasteiger charge is 2.06. The average Bonchev–Trinajstić information content (AvgIpc) is 2.21. The molecule has 1 aromatic rings. The van der Waals surface area contributed by atoms with Gasteiger partial charge in [-0.1, -0.05) is 27.7 Å². The van der Waals surface area contributed by atoms with Crippen LogP contribution in [0.2, 0.25) is 0 Å². The molecule has 0 bridgehead atoms. The largest absolute Gasteiger partial charge is 0.508 e. The summed E-state index contributed by atoms with van der Waals surface area (Å²) in [7, 11) is 0. The summed E-state index contributed by atoms with van der Waals surface area (Å²) in [4.78, 5) is 0. The maximum Gasteiger partial charge on any atom is 0.119 e. The normalized spacial score (nSPS) is 11.2. The van der Waals surface area contributed by atoms with E-state index in [-0.39, 0.29) is 0 Å². The van der Waals surface area contributed by atoms with Crippen molar-refractivity contribution in [2.45, 2.75) is 40.5 Å². The second-order valence-corrected chi connectivity index (χ2v) is 5.42. The van der Waals surface area contributed by atoms with Crippen molar-refractivity contribution in [1.82, 2.24) is 0 Å². The fourth-order valence-electron chi connectivity index (χ4n) is 1.67. The fourth-order valence-corrected chi connectivity index (χ4v) is 1.67. The van der Waals surface area contributed by atoms with Crippen molar-refractivity contribution < 1.29 is 9.84 Å². The van der Waals surface area contributed by atoms with Gasteiger partial charge >= 0.3 is 0 Å². The van der Waals surface area contributed by atoms with E-state index in [4.69, 9.17) is 4.74 Å². The highest BCUT2D eigenvalue weighted by molar-refractivity contribution is 5.39. The Morgan fingerprint density at radius 1 is 1.12 bits per heavy atom. The van der Waals surface area contributed by atoms with Crippen LogP contribution >= 0.6 is 0 Å². The van der Waals surface area contributed by atoms with Crippen LogP contribution in [0.1, 0.15) is 39.7 Å². The van der Waals surface area contributed by atoms with Crippen LogP contribution < -0.4 is 4.74 Å². The van der Waals surface area contributed by atoms with Crippen LogP contribution in [-0.2, 0) is 6.42 Å². The fraction of sp³-hybridized carbons (Fsp3) is 0.600. The van der Waals surface area contributed by atoms with Crippen LogP contribution in [0.15, 0.2) is 18.2 Å². The Balaban J connectivity index is 2.61. The second-order valence-electron chi connectivity index (χ2n) is 5.42. The molecule has 0 fully saturated rings. The highest BCUT2D eigenvalue weighted by Crippen LogP contribution is 2.25. The quantitative estimate of drug-likeness (QED) is 0.808. The van der Waals surface area contributed by atoms with Gasteiger partial charge in [-0.25, -0.2) is 0 Å². The van der Waals surface area contributed by atoms with E-state index in [2.05, 4.69) is 27.7 Å². The Bertz CT molecular complexity index is 343. The Hall–Kier alpha value is -1.18. The zero-order chi connectivity index (χ0) is 12.8. The molecular weight excluding hydrogens is 212 g/mol. The molecule has 0 atom stereocenters. The molecule has 0 radical (unpaired) electrons. The summed E-state index contributed by atoms with van der Waals surface area (Å²) in [6.07, 6.45) is 1.94. The summed E-state index contributed by atoms with van der Waals surface area (Å²) < 4.78 is 5.68. The van der Waals surface area contributed by atoms with Gasteiger partial charge in [0.25, 0.3) is 0 Å². The molecule has 0 unspecified atom stereocenters. The van der Waals surface area contributed by atoms with E-state index in [1.165, 1.54) is 0 Å². The number of hydrogen-bond donors (Lipinski definition) is 1. The van der Waals surface area contributed by atoms with E-state index in [0.29, 0.717) is 17.6 Å². The van der Waals surface area contributed by atoms with Crippen molar-refractivity contribution in [2.24, 2.45) is 11.8 Å². The van der Waals surface area contributed by atoms with E-state index in [0.717, 1.165) is 30.8 Å². The Kier molecular flexibility index (Phi) is 5.33. The minimum absolute atomic E-state index is 0.370. The molecule has 1 rings (SSSR count). The molecule has 0 saturated carbocycles. The van der Waals surface area contributed by atoms with Crippen LogP contribution in [-0.4, -0.2) is 11.7 Å². The van der Waals surface area contributed by atoms with Crippen LogP contribution in [0.25, 0.3) is 0 Å². The Morgan fingerprint density at radius 3 is 2.41 bits per heavy atom. The van der Waals surface area contributed by atoms with Gasteiger partial charge in [-0.15, -0.1) is 0 Å². The van der Waals surface area contributed by atoms with E-state index in [1.807, 2.05) is 12.1 Å². The molecule has 2 heteroatoms. The lowest BCUT2D eigenvalue weighted by molar-refractivity contribution is 0.288. The first-order valence-corrected chi connectivity index (χ1v) is 6.43. The molecule has 0 aliphatic carbocycles. The second kappa shape index (κ2) is 6.53. The van der Waals surface area contributed by atoms with Gasteiger partial charge in [0.2, 0.25) is 0 Å². The van der Waals surface area contributed by atoms with Gasteiger partial charge in [-0.3, -0.25) is 0 Å². The van der Waals surface area contributed by atoms with Gasteiger partial charge in [0, 0.05) is 0 Å². The molecule has 0 saturated heterocycles. The Labute approximate surface area is 105 Å². The minimum atomic E-state index is 0.370. The molecule has 0 amide bonds. The number of ether oxygens (including phenoxy) is 1. The summed E-state index contributed by atoms with van der Waals surface area (Å²) >= 11 is 0. The lowest BCUT2D eigenvalue weighted by atomic mass is 10.0. The van der Waals surface area contributed by atoms with E-state index >= 15 is 0 Å². The minimum Gasteiger partial charge on any atom is -0.508 e. The lowest BCUT2D eigenvalue weighted by Gasteiger charge is -2.12. The molecule has 1 N–H and O–H groups in total. The number of phenols is 1. The summed E-state index contributed by atoms with van der Waals surface area (Å²) in [5.74, 6) is 2.42. The highest BCUT2D eigenvalue weighted by atomic mass is 16.5. The van der Waals surface area contributed by atoms with Crippen LogP contribution in [0.3, 0.4) is 0 Å². The SMILES string of the molecule is CC(C)CCOc1ccc(O)c(CC(C)C)c1. The topological polar surface area (TPSA) is 29.5 Å². The summed E-state index contributed by atoms with van der Waals surface area (Å²) in [5, 5.41) is 9.74. The third kappa shape index (κ3) is 5.12. The first kappa shape index (κ1) is 13.9. The number of rotatable bonds is 6. The molecule has 0 heterocycles. The first-order valence-electron chi connectivity index (χ1n) is 6.43. The zero-order valence-electron chi connectivity index (χ0n) is 11.4. The molecule has 0 aliphatic rings. The van der Waals surface area contributed by atoms with Crippen molar-refractivity contribution in [3.63, 3.8) is 0 Å². The monoisotopic (exact) mass is 236 g/mol. The molecule has 0 aliphatic heterocycles. The first-order chi connectivity index (χ1) is 7.99. The smallest absolute Gasteiger partial charge is 0.119 e. The zero-order valence-corrected chi connectivity index (χ0v) is 11.4. The lowest BCUT2D eigenvalue weighted by Crippen LogP contribution is -2.02. The molecule has 2 nitrogen and oxygen atoms in total. The molecule has 96 valence electrons. The molecular formula is C15H24O2. The molecule has 0 spiro atoms. The third-order valence-corrected chi connectivity index (χ3v) is 2.64. The average molecular weight is 236 g/mol. The molecule has 17 heavy (non-hydrogen) atoms. The maximum absolute atomic E-state index is 9.74. The summed E-state index contributed by atoms with van der Waals surface area (Å²) in [6, 6.07) is 5.51. The third-order valence-electron chi connectivity index (χ3n) is 2.64. The number of phenolic OH excluding ortho intramolecular Hbond substituents is 1. The number of benzene rings is 1. The molecule has 1 aromatic carbocycles. The number of aromatic hydroxyl groups is 1. The van der Waals surface area contributed by atoms with Gasteiger partial charge in [0.15, 0.2) is 0 Å². The maximum atomic E-state index is 9.74. The Morgan fingerprint density at radius 2 is 1.82 bits per heavy atom. The predicted molar refractivity (Wildman–Crippen MR) is 71.6 cm³/mol. The van der Waals surface area contributed by atoms with Crippen molar-refractivity contribution in [2.75, 3.05) is 6.61 Å². The van der Waals surface area contributed by atoms with Crippen molar-refractivity contribution in [3.8, 4) is 11.5 Å². The predicted octanol–water partition coefficient (Wildman–Crippen LogP) is 4.02. The van der Waals surface area contributed by atoms with Crippen LogP contribution in [0.5, 0.6) is 11.5 Å². The van der Waals surface area contributed by atoms with Gasteiger partial charge in [-0.05, 0) is 48.4 Å². The van der Waals surface area contributed by atoms with Crippen molar-refractivity contribution in [1.29, 1.82) is 0 Å². The van der Waals surface area contributed by atoms with Crippen molar-refractivity contribution in [3.05, 3.63) is 23.8 Å². The van der Waals surface area contributed by atoms with Gasteiger partial charge in [-0.2, -0.15) is 0 Å². The van der Waals surface area contributed by atoms with E-state index in [1.54, 1.807) is 6.07 Å². The number of hydrogen-bond acceptors (Lipinski definition) is 2. The van der Waals surface area contributed by atoms with Gasteiger partial charge < -0.3 is 9.84 Å². The summed E-state index contributed by atoms with van der Waals surface area (Å²) in [5.41, 5.74) is 0.974. The molecule has 0 aromatic heterocycles. The van der Waals surface area contributed by atoms with Gasteiger partial charge in [0.1, 0.15) is 11.5 Å². The van der Waals surface area contributed by atoms with E-state index < -0.39 is 0 Å². The standard InChI is InChI=1S/C15H24O2/c1-11(2)7-8-17-14-5-6-15(16)13(10-14)9-12(3)4/h5-6,10-12,16H,7-9H2,1-4H3. The van der Waals surface area contributed by atoms with Gasteiger partial charge in [0.05, 0.1) is 6.61 Å². The van der Waals surface area contributed by atoms with E-state index in [9.17, 15) is 5.11 Å². The van der Waals surface area contributed by atoms with Crippen molar-refractivity contribution >= 4 is 0 Å².